The van der Waals surface area contributed by atoms with Gasteiger partial charge in [0.05, 0.1) is 5.41 Å². The third-order valence-corrected chi connectivity index (χ3v) is 3.04. The molecule has 0 amide bonds. The van der Waals surface area contributed by atoms with E-state index in [0.717, 1.165) is 24.7 Å². The summed E-state index contributed by atoms with van der Waals surface area (Å²) in [6.07, 6.45) is 2.56. The fourth-order valence-electron chi connectivity index (χ4n) is 1.74. The molecule has 0 radical (unpaired) electrons. The highest BCUT2D eigenvalue weighted by Crippen LogP contribution is 2.38. The van der Waals surface area contributed by atoms with Crippen molar-refractivity contribution in [1.82, 2.24) is 20.5 Å². The predicted molar refractivity (Wildman–Crippen MR) is 48.6 cm³/mol. The molecule has 2 fully saturated rings. The minimum absolute atomic E-state index is 0.184. The van der Waals surface area contributed by atoms with E-state index in [4.69, 9.17) is 0 Å². The third-order valence-electron chi connectivity index (χ3n) is 3.04. The summed E-state index contributed by atoms with van der Waals surface area (Å²) < 4.78 is 0. The summed E-state index contributed by atoms with van der Waals surface area (Å²) in [5, 5.41) is 10.6. The SMILES string of the molecule is CC1(c2n[nH]c(C3CC3)n2)CNC1. The topological polar surface area (TPSA) is 53.6 Å². The summed E-state index contributed by atoms with van der Waals surface area (Å²) in [5.74, 6) is 2.77. The van der Waals surface area contributed by atoms with Crippen LogP contribution in [0.5, 0.6) is 0 Å². The molecular weight excluding hydrogens is 164 g/mol. The number of nitrogens with zero attached hydrogens (tertiary/aromatic N) is 2. The Bertz CT molecular complexity index is 322. The van der Waals surface area contributed by atoms with Crippen LogP contribution in [0, 0.1) is 0 Å². The van der Waals surface area contributed by atoms with Gasteiger partial charge in [0.2, 0.25) is 0 Å². The number of rotatable bonds is 2. The van der Waals surface area contributed by atoms with Crippen LogP contribution in [0.25, 0.3) is 0 Å². The zero-order valence-corrected chi connectivity index (χ0v) is 7.80. The summed E-state index contributed by atoms with van der Waals surface area (Å²) in [6.45, 7) is 4.23. The predicted octanol–water partition coefficient (Wildman–Crippen LogP) is 0.543. The first-order chi connectivity index (χ1) is 6.28. The first-order valence-electron chi connectivity index (χ1n) is 4.91. The van der Waals surface area contributed by atoms with Gasteiger partial charge >= 0.3 is 0 Å². The standard InChI is InChI=1S/C9H14N4/c1-9(4-10-5-9)8-11-7(12-13-8)6-2-3-6/h6,10H,2-5H2,1H3,(H,11,12,13). The molecule has 0 aromatic carbocycles. The Morgan fingerprint density at radius 2 is 2.15 bits per heavy atom. The van der Waals surface area contributed by atoms with Crippen LogP contribution in [0.1, 0.15) is 37.3 Å². The van der Waals surface area contributed by atoms with Crippen LogP contribution in [0.15, 0.2) is 0 Å². The Hall–Kier alpha value is -0.900. The second-order valence-corrected chi connectivity index (χ2v) is 4.48. The maximum Gasteiger partial charge on any atom is 0.159 e. The lowest BCUT2D eigenvalue weighted by atomic mass is 9.83. The first-order valence-corrected chi connectivity index (χ1v) is 4.91. The molecule has 0 atom stereocenters. The molecule has 1 aromatic heterocycles. The van der Waals surface area contributed by atoms with Crippen molar-refractivity contribution < 1.29 is 0 Å². The van der Waals surface area contributed by atoms with E-state index in [0.29, 0.717) is 5.92 Å². The Kier molecular flexibility index (Phi) is 1.34. The van der Waals surface area contributed by atoms with Gasteiger partial charge in [-0.3, -0.25) is 5.10 Å². The monoisotopic (exact) mass is 178 g/mol. The van der Waals surface area contributed by atoms with E-state index in [9.17, 15) is 0 Å². The summed E-state index contributed by atoms with van der Waals surface area (Å²) in [4.78, 5) is 4.56. The summed E-state index contributed by atoms with van der Waals surface area (Å²) in [7, 11) is 0. The van der Waals surface area contributed by atoms with Crippen LogP contribution in [0.3, 0.4) is 0 Å². The van der Waals surface area contributed by atoms with Gasteiger partial charge < -0.3 is 5.32 Å². The fourth-order valence-corrected chi connectivity index (χ4v) is 1.74. The fraction of sp³-hybridized carbons (Fsp3) is 0.778. The normalized spacial score (nSPS) is 25.6. The van der Waals surface area contributed by atoms with Crippen molar-refractivity contribution in [3.63, 3.8) is 0 Å². The summed E-state index contributed by atoms with van der Waals surface area (Å²) in [5.41, 5.74) is 0.184. The molecule has 2 N–H and O–H groups in total. The zero-order valence-electron chi connectivity index (χ0n) is 7.80. The molecule has 3 rings (SSSR count). The van der Waals surface area contributed by atoms with Crippen LogP contribution in [-0.2, 0) is 5.41 Å². The van der Waals surface area contributed by atoms with Gasteiger partial charge in [0.25, 0.3) is 0 Å². The number of H-pyrrole nitrogens is 1. The van der Waals surface area contributed by atoms with E-state index in [1.807, 2.05) is 0 Å². The number of hydrogen-bond donors (Lipinski definition) is 2. The second-order valence-electron chi connectivity index (χ2n) is 4.48. The molecule has 1 saturated carbocycles. The highest BCUT2D eigenvalue weighted by atomic mass is 15.2. The zero-order chi connectivity index (χ0) is 8.89. The molecular formula is C9H14N4. The minimum atomic E-state index is 0.184. The van der Waals surface area contributed by atoms with Crippen LogP contribution in [-0.4, -0.2) is 28.3 Å². The lowest BCUT2D eigenvalue weighted by molar-refractivity contribution is 0.290. The van der Waals surface area contributed by atoms with Crippen LogP contribution < -0.4 is 5.32 Å². The molecule has 1 aromatic rings. The average molecular weight is 178 g/mol. The van der Waals surface area contributed by atoms with E-state index in [1.165, 1.54) is 12.8 Å². The Morgan fingerprint density at radius 3 is 2.69 bits per heavy atom. The highest BCUT2D eigenvalue weighted by molar-refractivity contribution is 5.16. The molecule has 2 aliphatic rings. The molecule has 0 spiro atoms. The van der Waals surface area contributed by atoms with Gasteiger partial charge in [-0.2, -0.15) is 5.10 Å². The molecule has 4 heteroatoms. The third kappa shape index (κ3) is 1.09. The van der Waals surface area contributed by atoms with Crippen LogP contribution >= 0.6 is 0 Å². The van der Waals surface area contributed by atoms with E-state index < -0.39 is 0 Å². The van der Waals surface area contributed by atoms with Crippen molar-refractivity contribution in [1.29, 1.82) is 0 Å². The molecule has 1 aliphatic heterocycles. The van der Waals surface area contributed by atoms with Crippen LogP contribution in [0.4, 0.5) is 0 Å². The van der Waals surface area contributed by atoms with E-state index in [1.54, 1.807) is 0 Å². The maximum atomic E-state index is 4.56. The van der Waals surface area contributed by atoms with Gasteiger partial charge in [-0.15, -0.1) is 0 Å². The average Bonchev–Trinajstić information content (AvgIpc) is 2.80. The number of hydrogen-bond acceptors (Lipinski definition) is 3. The summed E-state index contributed by atoms with van der Waals surface area (Å²) >= 11 is 0. The number of nitrogens with one attached hydrogen (secondary N) is 2. The van der Waals surface area contributed by atoms with E-state index >= 15 is 0 Å². The van der Waals surface area contributed by atoms with Crippen molar-refractivity contribution in [2.75, 3.05) is 13.1 Å². The maximum absolute atomic E-state index is 4.56. The van der Waals surface area contributed by atoms with Crippen molar-refractivity contribution >= 4 is 0 Å². The largest absolute Gasteiger partial charge is 0.315 e. The molecule has 1 aliphatic carbocycles. The van der Waals surface area contributed by atoms with Crippen molar-refractivity contribution in [2.45, 2.75) is 31.1 Å². The molecule has 2 heterocycles. The minimum Gasteiger partial charge on any atom is -0.315 e. The van der Waals surface area contributed by atoms with Gasteiger partial charge in [0.1, 0.15) is 5.82 Å². The van der Waals surface area contributed by atoms with Gasteiger partial charge in [0, 0.05) is 19.0 Å². The summed E-state index contributed by atoms with van der Waals surface area (Å²) in [6, 6.07) is 0. The number of aromatic nitrogens is 3. The lowest BCUT2D eigenvalue weighted by Crippen LogP contribution is -2.55. The number of aromatic amines is 1. The van der Waals surface area contributed by atoms with Crippen LogP contribution in [0.2, 0.25) is 0 Å². The smallest absolute Gasteiger partial charge is 0.159 e. The molecule has 70 valence electrons. The molecule has 13 heavy (non-hydrogen) atoms. The first kappa shape index (κ1) is 7.50. The van der Waals surface area contributed by atoms with Gasteiger partial charge in [-0.05, 0) is 19.8 Å². The van der Waals surface area contributed by atoms with Crippen molar-refractivity contribution in [2.24, 2.45) is 0 Å². The van der Waals surface area contributed by atoms with E-state index in [-0.39, 0.29) is 5.41 Å². The lowest BCUT2D eigenvalue weighted by Gasteiger charge is -2.36. The molecule has 4 nitrogen and oxygen atoms in total. The molecule has 1 saturated heterocycles. The Balaban J connectivity index is 1.87. The van der Waals surface area contributed by atoms with Gasteiger partial charge in [-0.1, -0.05) is 0 Å². The molecule has 0 bridgehead atoms. The quantitative estimate of drug-likeness (QED) is 0.695. The van der Waals surface area contributed by atoms with Crippen molar-refractivity contribution in [3.05, 3.63) is 11.6 Å². The highest BCUT2D eigenvalue weighted by Gasteiger charge is 2.38. The van der Waals surface area contributed by atoms with E-state index in [2.05, 4.69) is 27.4 Å². The Morgan fingerprint density at radius 1 is 1.38 bits per heavy atom. The van der Waals surface area contributed by atoms with Gasteiger partial charge in [-0.25, -0.2) is 4.98 Å². The van der Waals surface area contributed by atoms with Crippen molar-refractivity contribution in [3.8, 4) is 0 Å². The van der Waals surface area contributed by atoms with Gasteiger partial charge in [0.15, 0.2) is 5.82 Å². The second kappa shape index (κ2) is 2.32. The molecule has 0 unspecified atom stereocenters. The Labute approximate surface area is 77.1 Å².